The predicted octanol–water partition coefficient (Wildman–Crippen LogP) is 2.81. The Hall–Kier alpha value is -2.34. The second-order valence-corrected chi connectivity index (χ2v) is 6.54. The van der Waals surface area contributed by atoms with Crippen LogP contribution < -0.4 is 0 Å². The molecule has 0 saturated carbocycles. The number of hydrogen-bond donors (Lipinski definition) is 0. The minimum Gasteiger partial charge on any atom is -0.345 e. The largest absolute Gasteiger partial charge is 0.345 e. The fourth-order valence-electron chi connectivity index (χ4n) is 3.00. The fourth-order valence-corrected chi connectivity index (χ4v) is 3.25. The van der Waals surface area contributed by atoms with E-state index in [0.717, 1.165) is 0 Å². The summed E-state index contributed by atoms with van der Waals surface area (Å²) in [6.45, 7) is 2.04. The summed E-state index contributed by atoms with van der Waals surface area (Å²) >= 11 is 5.95. The van der Waals surface area contributed by atoms with Crippen molar-refractivity contribution in [3.8, 4) is 0 Å². The van der Waals surface area contributed by atoms with Crippen LogP contribution in [0.3, 0.4) is 0 Å². The summed E-state index contributed by atoms with van der Waals surface area (Å²) in [4.78, 5) is 28.7. The summed E-state index contributed by atoms with van der Waals surface area (Å²) < 4.78 is 14.7. The van der Waals surface area contributed by atoms with Gasteiger partial charge in [0.05, 0.1) is 5.02 Å². The van der Waals surface area contributed by atoms with Gasteiger partial charge in [-0.25, -0.2) is 4.39 Å². The van der Waals surface area contributed by atoms with Gasteiger partial charge < -0.3 is 14.4 Å². The monoisotopic (exact) mass is 363 g/mol. The number of rotatable bonds is 2. The molecule has 1 aliphatic rings. The minimum absolute atomic E-state index is 0.0921. The molecule has 0 spiro atoms. The average molecular weight is 364 g/mol. The lowest BCUT2D eigenvalue weighted by molar-refractivity contribution is 0.0713. The smallest absolute Gasteiger partial charge is 0.270 e. The highest BCUT2D eigenvalue weighted by Gasteiger charge is 2.25. The van der Waals surface area contributed by atoms with Gasteiger partial charge >= 0.3 is 0 Å². The topological polar surface area (TPSA) is 45.6 Å². The molecule has 1 aromatic heterocycles. The summed E-state index contributed by atoms with van der Waals surface area (Å²) in [6, 6.07) is 7.17. The first kappa shape index (κ1) is 17.5. The maximum absolute atomic E-state index is 13.0. The number of halogens is 2. The lowest BCUT2D eigenvalue weighted by Gasteiger charge is -2.22. The highest BCUT2D eigenvalue weighted by Crippen LogP contribution is 2.16. The van der Waals surface area contributed by atoms with Crippen molar-refractivity contribution in [2.75, 3.05) is 26.2 Å². The Kier molecular flexibility index (Phi) is 5.08. The van der Waals surface area contributed by atoms with Gasteiger partial charge in [0.25, 0.3) is 11.8 Å². The third-order valence-electron chi connectivity index (χ3n) is 4.35. The summed E-state index contributed by atoms with van der Waals surface area (Å²) in [6.07, 6.45) is 2.38. The highest BCUT2D eigenvalue weighted by atomic mass is 35.5. The first-order valence-electron chi connectivity index (χ1n) is 8.11. The van der Waals surface area contributed by atoms with E-state index < -0.39 is 0 Å². The van der Waals surface area contributed by atoms with E-state index >= 15 is 0 Å². The van der Waals surface area contributed by atoms with Crippen LogP contribution in [0.15, 0.2) is 36.5 Å². The fraction of sp³-hybridized carbons (Fsp3) is 0.333. The van der Waals surface area contributed by atoms with Crippen LogP contribution in [-0.2, 0) is 7.05 Å². The molecule has 3 rings (SSSR count). The van der Waals surface area contributed by atoms with Crippen LogP contribution in [0.2, 0.25) is 5.02 Å². The Balaban J connectivity index is 1.68. The van der Waals surface area contributed by atoms with Crippen molar-refractivity contribution in [1.29, 1.82) is 0 Å². The number of benzene rings is 1. The molecule has 2 heterocycles. The molecule has 0 radical (unpaired) electrons. The molecule has 2 amide bonds. The molecule has 1 saturated heterocycles. The molecule has 0 bridgehead atoms. The van der Waals surface area contributed by atoms with Crippen molar-refractivity contribution in [1.82, 2.24) is 14.4 Å². The van der Waals surface area contributed by atoms with Crippen molar-refractivity contribution in [2.45, 2.75) is 6.42 Å². The van der Waals surface area contributed by atoms with Crippen molar-refractivity contribution in [3.05, 3.63) is 58.6 Å². The molecule has 1 aliphatic heterocycles. The molecule has 7 heteroatoms. The van der Waals surface area contributed by atoms with Crippen molar-refractivity contribution < 1.29 is 14.0 Å². The normalized spacial score (nSPS) is 15.2. The first-order valence-corrected chi connectivity index (χ1v) is 8.49. The lowest BCUT2D eigenvalue weighted by atomic mass is 10.2. The Morgan fingerprint density at radius 1 is 1.00 bits per heavy atom. The number of carbonyl (C=O) groups excluding carboxylic acids is 2. The Morgan fingerprint density at radius 2 is 1.60 bits per heavy atom. The zero-order valence-corrected chi connectivity index (χ0v) is 14.7. The van der Waals surface area contributed by atoms with E-state index in [-0.39, 0.29) is 17.6 Å². The Labute approximate surface area is 150 Å². The van der Waals surface area contributed by atoms with E-state index in [0.29, 0.717) is 48.9 Å². The van der Waals surface area contributed by atoms with Crippen LogP contribution in [0.25, 0.3) is 0 Å². The number of nitrogens with zero attached hydrogens (tertiary/aromatic N) is 3. The zero-order valence-electron chi connectivity index (χ0n) is 13.9. The van der Waals surface area contributed by atoms with E-state index in [4.69, 9.17) is 11.6 Å². The SMILES string of the molecule is Cn1cc(Cl)cc1C(=O)N1CCCN(C(=O)c2ccc(F)cc2)CC1. The third-order valence-corrected chi connectivity index (χ3v) is 4.56. The van der Waals surface area contributed by atoms with Gasteiger partial charge in [-0.05, 0) is 36.8 Å². The first-order chi connectivity index (χ1) is 12.0. The second kappa shape index (κ2) is 7.27. The van der Waals surface area contributed by atoms with E-state index in [1.54, 1.807) is 33.7 Å². The van der Waals surface area contributed by atoms with Crippen LogP contribution in [0, 0.1) is 5.82 Å². The summed E-state index contributed by atoms with van der Waals surface area (Å²) in [5.74, 6) is -0.605. The molecule has 1 fully saturated rings. The molecular weight excluding hydrogens is 345 g/mol. The zero-order chi connectivity index (χ0) is 18.0. The van der Waals surface area contributed by atoms with Crippen molar-refractivity contribution in [2.24, 2.45) is 7.05 Å². The second-order valence-electron chi connectivity index (χ2n) is 6.10. The summed E-state index contributed by atoms with van der Waals surface area (Å²) in [5.41, 5.74) is 0.985. The molecular formula is C18H19ClFN3O2. The maximum Gasteiger partial charge on any atom is 0.270 e. The molecule has 5 nitrogen and oxygen atoms in total. The van der Waals surface area contributed by atoms with Gasteiger partial charge in [-0.3, -0.25) is 9.59 Å². The molecule has 0 unspecified atom stereocenters. The van der Waals surface area contributed by atoms with Crippen LogP contribution in [-0.4, -0.2) is 52.4 Å². The van der Waals surface area contributed by atoms with Gasteiger partial charge in [0.2, 0.25) is 0 Å². The number of aromatic nitrogens is 1. The molecule has 2 aromatic rings. The number of hydrogen-bond acceptors (Lipinski definition) is 2. The highest BCUT2D eigenvalue weighted by molar-refractivity contribution is 6.31. The van der Waals surface area contributed by atoms with Gasteiger partial charge in [0, 0.05) is 45.0 Å². The Morgan fingerprint density at radius 3 is 2.16 bits per heavy atom. The number of carbonyl (C=O) groups is 2. The summed E-state index contributed by atoms with van der Waals surface area (Å²) in [5, 5.41) is 0.522. The van der Waals surface area contributed by atoms with Crippen molar-refractivity contribution in [3.63, 3.8) is 0 Å². The minimum atomic E-state index is -0.370. The molecule has 1 aromatic carbocycles. The average Bonchev–Trinajstić information content (AvgIpc) is 2.80. The van der Waals surface area contributed by atoms with Crippen LogP contribution in [0.4, 0.5) is 4.39 Å². The van der Waals surface area contributed by atoms with Gasteiger partial charge in [-0.2, -0.15) is 0 Å². The van der Waals surface area contributed by atoms with Gasteiger partial charge in [0.1, 0.15) is 11.5 Å². The van der Waals surface area contributed by atoms with Crippen LogP contribution >= 0.6 is 11.6 Å². The number of aryl methyl sites for hydroxylation is 1. The molecule has 0 N–H and O–H groups in total. The lowest BCUT2D eigenvalue weighted by Crippen LogP contribution is -2.37. The summed E-state index contributed by atoms with van der Waals surface area (Å²) in [7, 11) is 1.78. The van der Waals surface area contributed by atoms with E-state index in [2.05, 4.69) is 0 Å². The standard InChI is InChI=1S/C18H19ClFN3O2/c1-21-12-14(19)11-16(21)18(25)23-8-2-7-22(9-10-23)17(24)13-3-5-15(20)6-4-13/h3-6,11-12H,2,7-10H2,1H3. The predicted molar refractivity (Wildman–Crippen MR) is 93.2 cm³/mol. The van der Waals surface area contributed by atoms with Gasteiger partial charge in [-0.15, -0.1) is 0 Å². The van der Waals surface area contributed by atoms with Gasteiger partial charge in [0.15, 0.2) is 0 Å². The van der Waals surface area contributed by atoms with E-state index in [1.807, 2.05) is 0 Å². The van der Waals surface area contributed by atoms with Crippen LogP contribution in [0.5, 0.6) is 0 Å². The van der Waals surface area contributed by atoms with Crippen molar-refractivity contribution >= 4 is 23.4 Å². The third kappa shape index (κ3) is 3.85. The Bertz CT molecular complexity index is 788. The molecule has 25 heavy (non-hydrogen) atoms. The maximum atomic E-state index is 13.0. The van der Waals surface area contributed by atoms with Crippen LogP contribution in [0.1, 0.15) is 27.3 Å². The van der Waals surface area contributed by atoms with E-state index in [9.17, 15) is 14.0 Å². The quantitative estimate of drug-likeness (QED) is 0.823. The molecule has 0 aliphatic carbocycles. The molecule has 0 atom stereocenters. The van der Waals surface area contributed by atoms with Gasteiger partial charge in [-0.1, -0.05) is 11.6 Å². The molecule has 132 valence electrons. The van der Waals surface area contributed by atoms with E-state index in [1.165, 1.54) is 24.3 Å². The number of amides is 2.